The molecule has 0 aliphatic carbocycles. The Balaban J connectivity index is 2.49. The maximum absolute atomic E-state index is 9.85. The lowest BCUT2D eigenvalue weighted by atomic mass is 10.5. The monoisotopic (exact) mass is 175 g/mol. The summed E-state index contributed by atoms with van der Waals surface area (Å²) in [6, 6.07) is 3.71. The van der Waals surface area contributed by atoms with Crippen molar-refractivity contribution >= 4 is 29.3 Å². The van der Waals surface area contributed by atoms with Crippen molar-refractivity contribution in [2.45, 2.75) is 6.54 Å². The van der Waals surface area contributed by atoms with Crippen LogP contribution in [0.25, 0.3) is 0 Å². The van der Waals surface area contributed by atoms with Gasteiger partial charge in [-0.05, 0) is 12.1 Å². The minimum Gasteiger partial charge on any atom is -0.354 e. The Bertz CT molecular complexity index is 223. The average molecular weight is 176 g/mol. The molecule has 0 radical (unpaired) electrons. The SMILES string of the molecule is O=CNCc1ccc(Cl)s1. The molecule has 0 spiro atoms. The molecule has 0 saturated carbocycles. The standard InChI is InChI=1S/C6H6ClNOS/c7-6-2-1-5(10-6)3-8-4-9/h1-2,4H,3H2,(H,8,9). The van der Waals surface area contributed by atoms with Gasteiger partial charge in [-0.3, -0.25) is 4.79 Å². The number of rotatable bonds is 3. The molecule has 0 aromatic carbocycles. The zero-order chi connectivity index (χ0) is 7.40. The lowest BCUT2D eigenvalue weighted by molar-refractivity contribution is -0.109. The second kappa shape index (κ2) is 3.58. The summed E-state index contributed by atoms with van der Waals surface area (Å²) in [7, 11) is 0. The van der Waals surface area contributed by atoms with Crippen LogP contribution in [-0.4, -0.2) is 6.41 Å². The summed E-state index contributed by atoms with van der Waals surface area (Å²) >= 11 is 7.11. The maximum Gasteiger partial charge on any atom is 0.207 e. The summed E-state index contributed by atoms with van der Waals surface area (Å²) in [4.78, 5) is 10.9. The summed E-state index contributed by atoms with van der Waals surface area (Å²) in [5.41, 5.74) is 0. The van der Waals surface area contributed by atoms with E-state index in [4.69, 9.17) is 11.6 Å². The third-order valence-electron chi connectivity index (χ3n) is 0.988. The number of nitrogens with one attached hydrogen (secondary N) is 1. The Morgan fingerprint density at radius 3 is 3.00 bits per heavy atom. The largest absolute Gasteiger partial charge is 0.354 e. The molecule has 0 aliphatic rings. The van der Waals surface area contributed by atoms with Crippen molar-refractivity contribution in [3.05, 3.63) is 21.3 Å². The number of carbonyl (C=O) groups excluding carboxylic acids is 1. The van der Waals surface area contributed by atoms with Gasteiger partial charge in [0.2, 0.25) is 6.41 Å². The number of thiophene rings is 1. The van der Waals surface area contributed by atoms with Gasteiger partial charge in [0.25, 0.3) is 0 Å². The van der Waals surface area contributed by atoms with Crippen molar-refractivity contribution in [2.24, 2.45) is 0 Å². The fourth-order valence-electron chi connectivity index (χ4n) is 0.589. The molecule has 1 aromatic rings. The van der Waals surface area contributed by atoms with E-state index in [2.05, 4.69) is 5.32 Å². The second-order valence-electron chi connectivity index (χ2n) is 1.70. The quantitative estimate of drug-likeness (QED) is 0.696. The van der Waals surface area contributed by atoms with Crippen LogP contribution in [0, 0.1) is 0 Å². The lowest BCUT2D eigenvalue weighted by Gasteiger charge is -1.90. The van der Waals surface area contributed by atoms with Crippen molar-refractivity contribution < 1.29 is 4.79 Å². The van der Waals surface area contributed by atoms with Gasteiger partial charge in [-0.25, -0.2) is 0 Å². The van der Waals surface area contributed by atoms with Crippen LogP contribution in [-0.2, 0) is 11.3 Å². The number of amides is 1. The van der Waals surface area contributed by atoms with E-state index in [1.165, 1.54) is 11.3 Å². The molecule has 1 rings (SSSR count). The van der Waals surface area contributed by atoms with Gasteiger partial charge in [0.05, 0.1) is 10.9 Å². The molecule has 0 bridgehead atoms. The first-order valence-corrected chi connectivity index (χ1v) is 3.93. The predicted octanol–water partition coefficient (Wildman–Crippen LogP) is 1.65. The minimum atomic E-state index is 0.570. The molecule has 0 aliphatic heterocycles. The van der Waals surface area contributed by atoms with Gasteiger partial charge in [-0.15, -0.1) is 11.3 Å². The zero-order valence-corrected chi connectivity index (χ0v) is 6.71. The van der Waals surface area contributed by atoms with Crippen LogP contribution in [0.1, 0.15) is 4.88 Å². The van der Waals surface area contributed by atoms with Crippen molar-refractivity contribution in [3.8, 4) is 0 Å². The van der Waals surface area contributed by atoms with E-state index in [9.17, 15) is 4.79 Å². The fourth-order valence-corrected chi connectivity index (χ4v) is 1.63. The molecule has 0 unspecified atom stereocenters. The summed E-state index contributed by atoms with van der Waals surface area (Å²) in [5, 5.41) is 2.55. The molecule has 1 aromatic heterocycles. The minimum absolute atomic E-state index is 0.570. The van der Waals surface area contributed by atoms with E-state index < -0.39 is 0 Å². The van der Waals surface area contributed by atoms with Crippen LogP contribution in [0.5, 0.6) is 0 Å². The highest BCUT2D eigenvalue weighted by Gasteiger charge is 1.94. The Hall–Kier alpha value is -0.540. The summed E-state index contributed by atoms with van der Waals surface area (Å²) in [6.07, 6.45) is 0.674. The first-order valence-electron chi connectivity index (χ1n) is 2.74. The van der Waals surface area contributed by atoms with Crippen LogP contribution in [0.4, 0.5) is 0 Å². The van der Waals surface area contributed by atoms with Gasteiger partial charge >= 0.3 is 0 Å². The van der Waals surface area contributed by atoms with Crippen LogP contribution < -0.4 is 5.32 Å². The second-order valence-corrected chi connectivity index (χ2v) is 3.50. The molecule has 2 nitrogen and oxygen atoms in total. The number of halogens is 1. The molecular weight excluding hydrogens is 170 g/mol. The molecule has 0 atom stereocenters. The van der Waals surface area contributed by atoms with Crippen LogP contribution in [0.2, 0.25) is 4.34 Å². The van der Waals surface area contributed by atoms with Crippen molar-refractivity contribution in [3.63, 3.8) is 0 Å². The van der Waals surface area contributed by atoms with Crippen LogP contribution in [0.15, 0.2) is 12.1 Å². The molecule has 1 heterocycles. The molecule has 0 saturated heterocycles. The highest BCUT2D eigenvalue weighted by atomic mass is 35.5. The molecule has 1 amide bonds. The van der Waals surface area contributed by atoms with Gasteiger partial charge in [-0.2, -0.15) is 0 Å². The summed E-state index contributed by atoms with van der Waals surface area (Å²) < 4.78 is 0.752. The van der Waals surface area contributed by atoms with E-state index in [-0.39, 0.29) is 0 Å². The van der Waals surface area contributed by atoms with Gasteiger partial charge < -0.3 is 5.32 Å². The highest BCUT2D eigenvalue weighted by molar-refractivity contribution is 7.16. The predicted molar refractivity (Wildman–Crippen MR) is 42.2 cm³/mol. The Morgan fingerprint density at radius 1 is 1.70 bits per heavy atom. The van der Waals surface area contributed by atoms with Crippen LogP contribution in [0.3, 0.4) is 0 Å². The maximum atomic E-state index is 9.85. The third-order valence-corrected chi connectivity index (χ3v) is 2.22. The third kappa shape index (κ3) is 2.01. The number of hydrogen-bond donors (Lipinski definition) is 1. The first-order chi connectivity index (χ1) is 4.83. The number of carbonyl (C=O) groups is 1. The normalized spacial score (nSPS) is 9.30. The van der Waals surface area contributed by atoms with E-state index >= 15 is 0 Å². The summed E-state index contributed by atoms with van der Waals surface area (Å²) in [5.74, 6) is 0. The Morgan fingerprint density at radius 2 is 2.50 bits per heavy atom. The van der Waals surface area contributed by atoms with Gasteiger partial charge in [-0.1, -0.05) is 11.6 Å². The zero-order valence-electron chi connectivity index (χ0n) is 5.13. The van der Waals surface area contributed by atoms with E-state index in [0.717, 1.165) is 9.21 Å². The lowest BCUT2D eigenvalue weighted by Crippen LogP contribution is -2.07. The smallest absolute Gasteiger partial charge is 0.207 e. The van der Waals surface area contributed by atoms with E-state index in [1.54, 1.807) is 0 Å². The topological polar surface area (TPSA) is 29.1 Å². The number of hydrogen-bond acceptors (Lipinski definition) is 2. The molecular formula is C6H6ClNOS. The van der Waals surface area contributed by atoms with Crippen molar-refractivity contribution in [2.75, 3.05) is 0 Å². The van der Waals surface area contributed by atoms with Crippen molar-refractivity contribution in [1.29, 1.82) is 0 Å². The molecule has 10 heavy (non-hydrogen) atoms. The average Bonchev–Trinajstić information content (AvgIpc) is 2.31. The van der Waals surface area contributed by atoms with Gasteiger partial charge in [0, 0.05) is 4.88 Å². The first kappa shape index (κ1) is 7.57. The van der Waals surface area contributed by atoms with Crippen LogP contribution >= 0.6 is 22.9 Å². The molecule has 0 fully saturated rings. The Labute approximate surface area is 67.8 Å². The van der Waals surface area contributed by atoms with E-state index in [1.807, 2.05) is 12.1 Å². The highest BCUT2D eigenvalue weighted by Crippen LogP contribution is 2.20. The summed E-state index contributed by atoms with van der Waals surface area (Å²) in [6.45, 7) is 0.570. The fraction of sp³-hybridized carbons (Fsp3) is 0.167. The molecule has 54 valence electrons. The molecule has 4 heteroatoms. The Kier molecular flexibility index (Phi) is 2.71. The van der Waals surface area contributed by atoms with Gasteiger partial charge in [0.1, 0.15) is 0 Å². The molecule has 1 N–H and O–H groups in total. The van der Waals surface area contributed by atoms with Gasteiger partial charge in [0.15, 0.2) is 0 Å². The van der Waals surface area contributed by atoms with E-state index in [0.29, 0.717) is 13.0 Å². The van der Waals surface area contributed by atoms with Crippen molar-refractivity contribution in [1.82, 2.24) is 5.32 Å².